The fourth-order valence-electron chi connectivity index (χ4n) is 3.33. The van der Waals surface area contributed by atoms with Crippen molar-refractivity contribution in [3.63, 3.8) is 0 Å². The molecule has 0 aliphatic carbocycles. The van der Waals surface area contributed by atoms with Crippen molar-refractivity contribution in [1.29, 1.82) is 0 Å². The lowest BCUT2D eigenvalue weighted by atomic mass is 10.1. The molecule has 0 aliphatic rings. The summed E-state index contributed by atoms with van der Waals surface area (Å²) in [5.41, 5.74) is 1.60. The summed E-state index contributed by atoms with van der Waals surface area (Å²) in [5.74, 6) is -2.23. The number of amides is 2. The molecule has 9 heteroatoms. The number of anilines is 1. The molecule has 3 N–H and O–H groups in total. The maximum absolute atomic E-state index is 13.3. The molecule has 0 fully saturated rings. The van der Waals surface area contributed by atoms with Crippen LogP contribution in [-0.2, 0) is 22.6 Å². The van der Waals surface area contributed by atoms with E-state index in [0.29, 0.717) is 18.4 Å². The van der Waals surface area contributed by atoms with Gasteiger partial charge in [-0.05, 0) is 30.2 Å². The van der Waals surface area contributed by atoms with Gasteiger partial charge in [0.1, 0.15) is 24.0 Å². The molecular weight excluding hydrogens is 418 g/mol. The van der Waals surface area contributed by atoms with Gasteiger partial charge in [0.15, 0.2) is 5.82 Å². The lowest BCUT2D eigenvalue weighted by Crippen LogP contribution is -2.44. The highest BCUT2D eigenvalue weighted by molar-refractivity contribution is 5.96. The molecule has 0 aliphatic heterocycles. The molecule has 2 aromatic carbocycles. The van der Waals surface area contributed by atoms with Gasteiger partial charge < -0.3 is 20.3 Å². The Morgan fingerprint density at radius 2 is 1.88 bits per heavy atom. The molecule has 3 aromatic rings. The first-order valence-electron chi connectivity index (χ1n) is 10.2. The summed E-state index contributed by atoms with van der Waals surface area (Å²) >= 11 is 0. The lowest BCUT2D eigenvalue weighted by molar-refractivity contribution is -0.126. The van der Waals surface area contributed by atoms with Crippen LogP contribution >= 0.6 is 0 Å². The number of aliphatic hydroxyl groups is 1. The predicted octanol–water partition coefficient (Wildman–Crippen LogP) is 3.11. The van der Waals surface area contributed by atoms with Gasteiger partial charge in [-0.1, -0.05) is 31.5 Å². The molecule has 32 heavy (non-hydrogen) atoms. The van der Waals surface area contributed by atoms with E-state index in [9.17, 15) is 23.5 Å². The number of nitrogens with zero attached hydrogens (tertiary/aromatic N) is 2. The van der Waals surface area contributed by atoms with Crippen LogP contribution in [0.25, 0.3) is 5.69 Å². The van der Waals surface area contributed by atoms with Gasteiger partial charge in [-0.15, -0.1) is 0 Å². The van der Waals surface area contributed by atoms with E-state index in [1.807, 2.05) is 25.1 Å². The highest BCUT2D eigenvalue weighted by Crippen LogP contribution is 2.17. The molecule has 0 radical (unpaired) electrons. The molecule has 3 rings (SSSR count). The van der Waals surface area contributed by atoms with Crippen molar-refractivity contribution >= 4 is 17.6 Å². The zero-order valence-corrected chi connectivity index (χ0v) is 17.5. The zero-order chi connectivity index (χ0) is 23.1. The van der Waals surface area contributed by atoms with E-state index in [-0.39, 0.29) is 24.4 Å². The lowest BCUT2D eigenvalue weighted by Gasteiger charge is -2.17. The highest BCUT2D eigenvalue weighted by Gasteiger charge is 2.21. The molecule has 2 amide bonds. The standard InChI is InChI=1S/C23H24F2N4O3/c1-2-5-19(27-22(31)10-15-8-17(24)11-18(25)9-15)23(32)28-21-12-29(14-26-21)20-7-4-3-6-16(20)13-30/h3-4,6-9,11-12,14,19,30H,2,5,10,13H2,1H3,(H,27,31)(H,28,32)/t19-/m0/s1. The molecule has 7 nitrogen and oxygen atoms in total. The highest BCUT2D eigenvalue weighted by atomic mass is 19.1. The number of benzene rings is 2. The smallest absolute Gasteiger partial charge is 0.248 e. The molecule has 0 unspecified atom stereocenters. The molecule has 1 heterocycles. The van der Waals surface area contributed by atoms with Gasteiger partial charge in [-0.25, -0.2) is 13.8 Å². The first-order chi connectivity index (χ1) is 15.4. The van der Waals surface area contributed by atoms with Gasteiger partial charge in [0, 0.05) is 11.6 Å². The second-order valence-corrected chi connectivity index (χ2v) is 7.31. The van der Waals surface area contributed by atoms with E-state index in [4.69, 9.17) is 0 Å². The summed E-state index contributed by atoms with van der Waals surface area (Å²) in [6.07, 6.45) is 3.87. The molecular formula is C23H24F2N4O3. The van der Waals surface area contributed by atoms with E-state index >= 15 is 0 Å². The molecule has 168 valence electrons. The predicted molar refractivity (Wildman–Crippen MR) is 115 cm³/mol. The van der Waals surface area contributed by atoms with Crippen LogP contribution in [0.4, 0.5) is 14.6 Å². The largest absolute Gasteiger partial charge is 0.392 e. The van der Waals surface area contributed by atoms with Crippen LogP contribution in [0.15, 0.2) is 55.0 Å². The van der Waals surface area contributed by atoms with Gasteiger partial charge in [-0.2, -0.15) is 0 Å². The molecule has 0 bridgehead atoms. The Kier molecular flexibility index (Phi) is 7.67. The minimum absolute atomic E-state index is 0.143. The van der Waals surface area contributed by atoms with E-state index < -0.39 is 29.5 Å². The number of halogens is 2. The Morgan fingerprint density at radius 1 is 1.16 bits per heavy atom. The number of rotatable bonds is 9. The average molecular weight is 442 g/mol. The monoisotopic (exact) mass is 442 g/mol. The minimum atomic E-state index is -0.833. The molecule has 0 spiro atoms. The van der Waals surface area contributed by atoms with Crippen LogP contribution in [0.2, 0.25) is 0 Å². The van der Waals surface area contributed by atoms with Gasteiger partial charge in [-0.3, -0.25) is 9.59 Å². The van der Waals surface area contributed by atoms with Gasteiger partial charge in [0.25, 0.3) is 0 Å². The van der Waals surface area contributed by atoms with Crippen molar-refractivity contribution in [2.45, 2.75) is 38.8 Å². The molecule has 1 atom stereocenters. The van der Waals surface area contributed by atoms with Crippen molar-refractivity contribution in [2.75, 3.05) is 5.32 Å². The summed E-state index contributed by atoms with van der Waals surface area (Å²) in [5, 5.41) is 14.8. The number of aliphatic hydroxyl groups excluding tert-OH is 1. The normalized spacial score (nSPS) is 11.8. The fraction of sp³-hybridized carbons (Fsp3) is 0.261. The van der Waals surface area contributed by atoms with Crippen molar-refractivity contribution in [2.24, 2.45) is 0 Å². The molecule has 1 aromatic heterocycles. The second kappa shape index (κ2) is 10.6. The van der Waals surface area contributed by atoms with Gasteiger partial charge in [0.2, 0.25) is 11.8 Å². The Hall–Kier alpha value is -3.59. The third-order valence-electron chi connectivity index (χ3n) is 4.79. The summed E-state index contributed by atoms with van der Waals surface area (Å²) in [7, 11) is 0. The number of hydrogen-bond donors (Lipinski definition) is 3. The van der Waals surface area contributed by atoms with Gasteiger partial charge >= 0.3 is 0 Å². The van der Waals surface area contributed by atoms with E-state index in [1.165, 1.54) is 6.33 Å². The Labute approximate surface area is 184 Å². The Bertz CT molecular complexity index is 1080. The third kappa shape index (κ3) is 5.98. The van der Waals surface area contributed by atoms with E-state index in [0.717, 1.165) is 23.9 Å². The van der Waals surface area contributed by atoms with Crippen LogP contribution in [-0.4, -0.2) is 32.5 Å². The number of carbonyl (C=O) groups excluding carboxylic acids is 2. The number of nitrogens with one attached hydrogen (secondary N) is 2. The number of hydrogen-bond acceptors (Lipinski definition) is 4. The van der Waals surface area contributed by atoms with Crippen LogP contribution < -0.4 is 10.6 Å². The van der Waals surface area contributed by atoms with E-state index in [2.05, 4.69) is 15.6 Å². The summed E-state index contributed by atoms with van der Waals surface area (Å²) in [6.45, 7) is 1.73. The molecule has 0 saturated heterocycles. The van der Waals surface area contributed by atoms with Gasteiger partial charge in [0.05, 0.1) is 24.9 Å². The van der Waals surface area contributed by atoms with Crippen molar-refractivity contribution in [3.8, 4) is 5.69 Å². The third-order valence-corrected chi connectivity index (χ3v) is 4.79. The SMILES string of the molecule is CCC[C@H](NC(=O)Cc1cc(F)cc(F)c1)C(=O)Nc1cn(-c2ccccc2CO)cn1. The van der Waals surface area contributed by atoms with Crippen molar-refractivity contribution < 1.29 is 23.5 Å². The summed E-state index contributed by atoms with van der Waals surface area (Å²) < 4.78 is 28.4. The van der Waals surface area contributed by atoms with Crippen LogP contribution in [0.1, 0.15) is 30.9 Å². The second-order valence-electron chi connectivity index (χ2n) is 7.31. The maximum atomic E-state index is 13.3. The average Bonchev–Trinajstić information content (AvgIpc) is 3.20. The first-order valence-corrected chi connectivity index (χ1v) is 10.2. The van der Waals surface area contributed by atoms with Crippen LogP contribution in [0.3, 0.4) is 0 Å². The number of aromatic nitrogens is 2. The number of para-hydroxylation sites is 1. The Morgan fingerprint density at radius 3 is 2.56 bits per heavy atom. The fourth-order valence-corrected chi connectivity index (χ4v) is 3.33. The van der Waals surface area contributed by atoms with Crippen molar-refractivity contribution in [1.82, 2.24) is 14.9 Å². The number of carbonyl (C=O) groups is 2. The number of imidazole rings is 1. The molecule has 0 saturated carbocycles. The van der Waals surface area contributed by atoms with Crippen molar-refractivity contribution in [3.05, 3.63) is 77.8 Å². The first kappa shape index (κ1) is 23.1. The van der Waals surface area contributed by atoms with E-state index in [1.54, 1.807) is 16.8 Å². The maximum Gasteiger partial charge on any atom is 0.248 e. The summed E-state index contributed by atoms with van der Waals surface area (Å²) in [6, 6.07) is 9.28. The summed E-state index contributed by atoms with van der Waals surface area (Å²) in [4.78, 5) is 29.3. The topological polar surface area (TPSA) is 96.2 Å². The minimum Gasteiger partial charge on any atom is -0.392 e. The van der Waals surface area contributed by atoms with Crippen LogP contribution in [0, 0.1) is 11.6 Å². The quantitative estimate of drug-likeness (QED) is 0.475. The zero-order valence-electron chi connectivity index (χ0n) is 17.5. The Balaban J connectivity index is 1.66. The van der Waals surface area contributed by atoms with Crippen LogP contribution in [0.5, 0.6) is 0 Å².